The maximum atomic E-state index is 9.42. The fourth-order valence-corrected chi connectivity index (χ4v) is 3.26. The van der Waals surface area contributed by atoms with Crippen molar-refractivity contribution in [2.75, 3.05) is 12.8 Å². The fraction of sp³-hybridized carbons (Fsp3) is 0.111. The number of pyridine rings is 1. The number of nitriles is 1. The van der Waals surface area contributed by atoms with Gasteiger partial charge in [0.1, 0.15) is 23.2 Å². The molecule has 2 heterocycles. The molecule has 0 amide bonds. The van der Waals surface area contributed by atoms with Gasteiger partial charge in [0.25, 0.3) is 0 Å². The van der Waals surface area contributed by atoms with Crippen LogP contribution in [0.2, 0.25) is 0 Å². The Bertz CT molecular complexity index is 892. The minimum atomic E-state index is 0.252. The van der Waals surface area contributed by atoms with Crippen LogP contribution in [0.4, 0.5) is 5.82 Å². The summed E-state index contributed by atoms with van der Waals surface area (Å²) < 4.78 is 5.17. The highest BCUT2D eigenvalue weighted by Gasteiger charge is 2.14. The topological polar surface area (TPSA) is 71.9 Å². The van der Waals surface area contributed by atoms with Gasteiger partial charge in [0.15, 0.2) is 0 Å². The van der Waals surface area contributed by atoms with Crippen LogP contribution in [0.3, 0.4) is 0 Å². The zero-order valence-corrected chi connectivity index (χ0v) is 13.6. The molecule has 3 rings (SSSR count). The number of aromatic nitrogens is 1. The first kappa shape index (κ1) is 15.1. The number of thiophene rings is 1. The van der Waals surface area contributed by atoms with Gasteiger partial charge in [-0.05, 0) is 49.4 Å². The lowest BCUT2D eigenvalue weighted by atomic mass is 10.0. The average Bonchev–Trinajstić information content (AvgIpc) is 3.00. The highest BCUT2D eigenvalue weighted by molar-refractivity contribution is 7.15. The monoisotopic (exact) mass is 321 g/mol. The van der Waals surface area contributed by atoms with Crippen molar-refractivity contribution in [2.45, 2.75) is 6.92 Å². The third-order valence-corrected chi connectivity index (χ3v) is 4.58. The molecule has 0 unspecified atom stereocenters. The van der Waals surface area contributed by atoms with Crippen LogP contribution < -0.4 is 10.5 Å². The molecule has 1 aromatic carbocycles. The van der Waals surface area contributed by atoms with Gasteiger partial charge in [-0.2, -0.15) is 5.26 Å². The van der Waals surface area contributed by atoms with E-state index in [2.05, 4.69) is 11.1 Å². The molecular weight excluding hydrogens is 306 g/mol. The second-order valence-electron chi connectivity index (χ2n) is 5.07. The summed E-state index contributed by atoms with van der Waals surface area (Å²) in [6.07, 6.45) is 0. The molecule has 2 aromatic heterocycles. The Labute approximate surface area is 138 Å². The molecule has 0 atom stereocenters. The maximum absolute atomic E-state index is 9.42. The van der Waals surface area contributed by atoms with Crippen molar-refractivity contribution in [1.29, 1.82) is 5.26 Å². The van der Waals surface area contributed by atoms with E-state index in [1.165, 1.54) is 4.88 Å². The summed E-state index contributed by atoms with van der Waals surface area (Å²) in [7, 11) is 1.63. The van der Waals surface area contributed by atoms with Crippen LogP contribution in [0.25, 0.3) is 21.7 Å². The van der Waals surface area contributed by atoms with Crippen LogP contribution in [0.5, 0.6) is 5.75 Å². The van der Waals surface area contributed by atoms with Gasteiger partial charge in [-0.1, -0.05) is 0 Å². The first-order valence-corrected chi connectivity index (χ1v) is 7.86. The van der Waals surface area contributed by atoms with Crippen LogP contribution >= 0.6 is 11.3 Å². The first-order chi connectivity index (χ1) is 11.1. The smallest absolute Gasteiger partial charge is 0.142 e. The van der Waals surface area contributed by atoms with Gasteiger partial charge in [0.2, 0.25) is 0 Å². The molecule has 0 aliphatic rings. The van der Waals surface area contributed by atoms with E-state index in [4.69, 9.17) is 10.5 Å². The lowest BCUT2D eigenvalue weighted by Gasteiger charge is -2.09. The minimum absolute atomic E-state index is 0.252. The van der Waals surface area contributed by atoms with Crippen molar-refractivity contribution in [3.8, 4) is 33.5 Å². The van der Waals surface area contributed by atoms with E-state index in [1.54, 1.807) is 18.4 Å². The summed E-state index contributed by atoms with van der Waals surface area (Å²) in [6.45, 7) is 2.04. The highest BCUT2D eigenvalue weighted by Crippen LogP contribution is 2.35. The van der Waals surface area contributed by atoms with Gasteiger partial charge < -0.3 is 10.5 Å². The summed E-state index contributed by atoms with van der Waals surface area (Å²) in [4.78, 5) is 6.58. The third-order valence-electron chi connectivity index (χ3n) is 3.55. The number of hydrogen-bond donors (Lipinski definition) is 1. The summed E-state index contributed by atoms with van der Waals surface area (Å²) in [6, 6.07) is 15.7. The van der Waals surface area contributed by atoms with E-state index >= 15 is 0 Å². The predicted molar refractivity (Wildman–Crippen MR) is 93.4 cm³/mol. The molecule has 0 radical (unpaired) electrons. The summed E-state index contributed by atoms with van der Waals surface area (Å²) in [5.41, 5.74) is 8.93. The second-order valence-corrected chi connectivity index (χ2v) is 6.35. The normalized spacial score (nSPS) is 10.3. The number of nitrogens with two attached hydrogens (primary N) is 1. The molecular formula is C18H15N3OS. The number of rotatable bonds is 3. The van der Waals surface area contributed by atoms with Gasteiger partial charge in [0.05, 0.1) is 12.8 Å². The van der Waals surface area contributed by atoms with Crippen LogP contribution in [0.15, 0.2) is 42.5 Å². The van der Waals surface area contributed by atoms with Gasteiger partial charge >= 0.3 is 0 Å². The highest BCUT2D eigenvalue weighted by atomic mass is 32.1. The van der Waals surface area contributed by atoms with E-state index in [-0.39, 0.29) is 5.82 Å². The van der Waals surface area contributed by atoms with E-state index in [9.17, 15) is 5.26 Å². The van der Waals surface area contributed by atoms with Crippen LogP contribution in [-0.2, 0) is 0 Å². The maximum Gasteiger partial charge on any atom is 0.142 e. The van der Waals surface area contributed by atoms with Gasteiger partial charge in [-0.3, -0.25) is 0 Å². The molecule has 0 saturated heterocycles. The zero-order valence-electron chi connectivity index (χ0n) is 12.8. The van der Waals surface area contributed by atoms with Crippen LogP contribution in [-0.4, -0.2) is 12.1 Å². The Morgan fingerprint density at radius 3 is 2.48 bits per heavy atom. The fourth-order valence-electron chi connectivity index (χ4n) is 2.37. The van der Waals surface area contributed by atoms with Crippen molar-refractivity contribution in [3.63, 3.8) is 0 Å². The Morgan fingerprint density at radius 1 is 1.17 bits per heavy atom. The lowest BCUT2D eigenvalue weighted by molar-refractivity contribution is 0.415. The average molecular weight is 321 g/mol. The van der Waals surface area contributed by atoms with Crippen LogP contribution in [0.1, 0.15) is 10.4 Å². The van der Waals surface area contributed by atoms with Gasteiger partial charge in [-0.15, -0.1) is 11.3 Å². The van der Waals surface area contributed by atoms with Gasteiger partial charge in [0, 0.05) is 20.9 Å². The molecule has 0 bridgehead atoms. The van der Waals surface area contributed by atoms with E-state index < -0.39 is 0 Å². The van der Waals surface area contributed by atoms with Gasteiger partial charge in [-0.25, -0.2) is 4.98 Å². The Morgan fingerprint density at radius 2 is 1.91 bits per heavy atom. The van der Waals surface area contributed by atoms with Crippen molar-refractivity contribution in [2.24, 2.45) is 0 Å². The number of hydrogen-bond acceptors (Lipinski definition) is 5. The number of anilines is 1. The van der Waals surface area contributed by atoms with Crippen molar-refractivity contribution < 1.29 is 4.74 Å². The zero-order chi connectivity index (χ0) is 16.4. The lowest BCUT2D eigenvalue weighted by Crippen LogP contribution is -1.99. The molecule has 4 nitrogen and oxygen atoms in total. The van der Waals surface area contributed by atoms with Crippen LogP contribution in [0, 0.1) is 18.3 Å². The number of nitrogen functional groups attached to an aromatic ring is 1. The van der Waals surface area contributed by atoms with E-state index in [0.29, 0.717) is 5.56 Å². The predicted octanol–water partition coefficient (Wildman–Crippen LogP) is 4.25. The summed E-state index contributed by atoms with van der Waals surface area (Å²) in [5.74, 6) is 1.03. The van der Waals surface area contributed by atoms with Crippen molar-refractivity contribution >= 4 is 17.2 Å². The Balaban J connectivity index is 2.16. The first-order valence-electron chi connectivity index (χ1n) is 7.04. The largest absolute Gasteiger partial charge is 0.497 e. The third kappa shape index (κ3) is 2.89. The summed E-state index contributed by atoms with van der Waals surface area (Å²) in [5, 5.41) is 9.42. The second kappa shape index (κ2) is 6.11. The standard InChI is InChI=1S/C18H15N3OS/c1-11-3-8-17(23-11)14-9-16(21-18(20)15(14)10-19)12-4-6-13(22-2)7-5-12/h3-9H,1-2H3,(H2,20,21). The number of methoxy groups -OCH3 is 1. The Hall–Kier alpha value is -2.84. The molecule has 3 aromatic rings. The summed E-state index contributed by atoms with van der Waals surface area (Å²) >= 11 is 1.63. The SMILES string of the molecule is COc1ccc(-c2cc(-c3ccc(C)s3)c(C#N)c(N)n2)cc1. The quantitative estimate of drug-likeness (QED) is 0.783. The number of nitrogens with zero attached hydrogens (tertiary/aromatic N) is 2. The molecule has 0 aliphatic heterocycles. The van der Waals surface area contributed by atoms with Crippen molar-refractivity contribution in [3.05, 3.63) is 52.9 Å². The molecule has 0 saturated carbocycles. The minimum Gasteiger partial charge on any atom is -0.497 e. The number of aryl methyl sites for hydroxylation is 1. The number of benzene rings is 1. The Kier molecular flexibility index (Phi) is 4.00. The molecule has 5 heteroatoms. The van der Waals surface area contributed by atoms with E-state index in [0.717, 1.165) is 27.4 Å². The van der Waals surface area contributed by atoms with Crippen molar-refractivity contribution in [1.82, 2.24) is 4.98 Å². The molecule has 0 aliphatic carbocycles. The molecule has 114 valence electrons. The molecule has 0 spiro atoms. The van der Waals surface area contributed by atoms with E-state index in [1.807, 2.05) is 49.4 Å². The molecule has 23 heavy (non-hydrogen) atoms. The number of ether oxygens (including phenoxy) is 1. The molecule has 0 fully saturated rings. The molecule has 2 N–H and O–H groups in total.